The zero-order chi connectivity index (χ0) is 22.2. The third-order valence-electron chi connectivity index (χ3n) is 4.46. The van der Waals surface area contributed by atoms with Gasteiger partial charge in [-0.25, -0.2) is 4.79 Å². The Morgan fingerprint density at radius 2 is 1.94 bits per heavy atom. The van der Waals surface area contributed by atoms with E-state index in [1.54, 1.807) is 23.7 Å². The summed E-state index contributed by atoms with van der Waals surface area (Å²) in [4.78, 5) is 25.4. The van der Waals surface area contributed by atoms with Crippen LogP contribution in [0, 0.1) is 0 Å². The molecule has 0 bridgehead atoms. The van der Waals surface area contributed by atoms with Gasteiger partial charge >= 0.3 is 6.03 Å². The number of rotatable bonds is 9. The van der Waals surface area contributed by atoms with Crippen LogP contribution in [-0.2, 0) is 17.8 Å². The molecule has 164 valence electrons. The molecule has 0 fully saturated rings. The van der Waals surface area contributed by atoms with E-state index in [0.29, 0.717) is 29.8 Å². The van der Waals surface area contributed by atoms with Crippen molar-refractivity contribution >= 4 is 35.0 Å². The third-order valence-corrected chi connectivity index (χ3v) is 6.37. The van der Waals surface area contributed by atoms with Gasteiger partial charge in [0, 0.05) is 11.4 Å². The molecule has 2 N–H and O–H groups in total. The number of carbonyl (C=O) groups is 2. The van der Waals surface area contributed by atoms with Gasteiger partial charge in [-0.2, -0.15) is 0 Å². The number of thiophene rings is 1. The van der Waals surface area contributed by atoms with Crippen molar-refractivity contribution < 1.29 is 14.0 Å². The highest BCUT2D eigenvalue weighted by Crippen LogP contribution is 2.25. The van der Waals surface area contributed by atoms with Crippen LogP contribution in [0.2, 0.25) is 0 Å². The summed E-state index contributed by atoms with van der Waals surface area (Å²) in [7, 11) is 0. The molecule has 10 heteroatoms. The molecule has 0 aliphatic carbocycles. The molecule has 3 aromatic heterocycles. The molecule has 32 heavy (non-hydrogen) atoms. The maximum absolute atomic E-state index is 12.3. The molecule has 0 spiro atoms. The number of hydrogen-bond donors (Lipinski definition) is 2. The fourth-order valence-electron chi connectivity index (χ4n) is 2.98. The summed E-state index contributed by atoms with van der Waals surface area (Å²) >= 11 is 2.85. The van der Waals surface area contributed by atoms with Gasteiger partial charge < -0.3 is 9.73 Å². The molecule has 8 nitrogen and oxygen atoms in total. The van der Waals surface area contributed by atoms with Crippen molar-refractivity contribution in [2.75, 3.05) is 12.3 Å². The summed E-state index contributed by atoms with van der Waals surface area (Å²) < 4.78 is 7.39. The second-order valence-electron chi connectivity index (χ2n) is 6.78. The van der Waals surface area contributed by atoms with Gasteiger partial charge in [-0.05, 0) is 35.6 Å². The summed E-state index contributed by atoms with van der Waals surface area (Å²) in [6.07, 6.45) is 2.31. The van der Waals surface area contributed by atoms with Crippen LogP contribution in [-0.4, -0.2) is 39.0 Å². The lowest BCUT2D eigenvalue weighted by atomic mass is 10.2. The average Bonchev–Trinajstić information content (AvgIpc) is 3.56. The average molecular weight is 468 g/mol. The first-order valence-corrected chi connectivity index (χ1v) is 11.8. The van der Waals surface area contributed by atoms with Crippen molar-refractivity contribution in [3.05, 3.63) is 76.7 Å². The number of hydrogen-bond acceptors (Lipinski definition) is 7. The van der Waals surface area contributed by atoms with Crippen molar-refractivity contribution in [1.29, 1.82) is 0 Å². The quantitative estimate of drug-likeness (QED) is 0.363. The first-order valence-electron chi connectivity index (χ1n) is 9.93. The number of benzene rings is 1. The SMILES string of the molecule is O=C(CSc1nnc(-c2ccco2)n1Cc1ccccc1)NC(=O)NCCc1cccs1. The third kappa shape index (κ3) is 5.86. The zero-order valence-electron chi connectivity index (χ0n) is 17.1. The topological polar surface area (TPSA) is 102 Å². The molecule has 4 aromatic rings. The van der Waals surface area contributed by atoms with E-state index in [4.69, 9.17) is 4.42 Å². The van der Waals surface area contributed by atoms with E-state index in [9.17, 15) is 9.59 Å². The van der Waals surface area contributed by atoms with Gasteiger partial charge in [-0.15, -0.1) is 21.5 Å². The van der Waals surface area contributed by atoms with E-state index < -0.39 is 11.9 Å². The van der Waals surface area contributed by atoms with E-state index in [-0.39, 0.29) is 5.75 Å². The van der Waals surface area contributed by atoms with E-state index in [1.807, 2.05) is 58.5 Å². The molecule has 0 unspecified atom stereocenters. The molecule has 0 saturated heterocycles. The van der Waals surface area contributed by atoms with Crippen LogP contribution in [0.15, 0.2) is 75.8 Å². The van der Waals surface area contributed by atoms with E-state index in [1.165, 1.54) is 16.6 Å². The van der Waals surface area contributed by atoms with E-state index in [0.717, 1.165) is 12.0 Å². The first-order chi connectivity index (χ1) is 15.7. The molecular formula is C22H21N5O3S2. The molecule has 0 saturated carbocycles. The normalized spacial score (nSPS) is 10.8. The standard InChI is InChI=1S/C22H21N5O3S2/c28-19(24-21(29)23-11-10-17-8-5-13-31-17)15-32-22-26-25-20(18-9-4-12-30-18)27(22)14-16-6-2-1-3-7-16/h1-9,12-13H,10-11,14-15H2,(H2,23,24,28,29). The van der Waals surface area contributed by atoms with Gasteiger partial charge in [0.2, 0.25) is 11.7 Å². The molecule has 3 heterocycles. The van der Waals surface area contributed by atoms with Crippen molar-refractivity contribution in [3.8, 4) is 11.6 Å². The minimum Gasteiger partial charge on any atom is -0.461 e. The predicted molar refractivity (Wildman–Crippen MR) is 124 cm³/mol. The van der Waals surface area contributed by atoms with Crippen LogP contribution in [0.1, 0.15) is 10.4 Å². The summed E-state index contributed by atoms with van der Waals surface area (Å²) in [5.74, 6) is 0.795. The summed E-state index contributed by atoms with van der Waals surface area (Å²) in [5.41, 5.74) is 1.07. The van der Waals surface area contributed by atoms with Crippen molar-refractivity contribution in [2.45, 2.75) is 18.1 Å². The molecular weight excluding hydrogens is 446 g/mol. The highest BCUT2D eigenvalue weighted by molar-refractivity contribution is 7.99. The Morgan fingerprint density at radius 1 is 1.06 bits per heavy atom. The smallest absolute Gasteiger partial charge is 0.321 e. The van der Waals surface area contributed by atoms with E-state index in [2.05, 4.69) is 20.8 Å². The van der Waals surface area contributed by atoms with Crippen LogP contribution >= 0.6 is 23.1 Å². The summed E-state index contributed by atoms with van der Waals surface area (Å²) in [5, 5.41) is 16.1. The molecule has 4 rings (SSSR count). The fraction of sp³-hybridized carbons (Fsp3) is 0.182. The number of nitrogens with zero attached hydrogens (tertiary/aromatic N) is 3. The molecule has 3 amide bonds. The van der Waals surface area contributed by atoms with Gasteiger partial charge in [-0.3, -0.25) is 14.7 Å². The number of urea groups is 1. The van der Waals surface area contributed by atoms with Crippen LogP contribution in [0.4, 0.5) is 4.79 Å². The minimum atomic E-state index is -0.505. The number of imide groups is 1. The Hall–Kier alpha value is -3.37. The largest absolute Gasteiger partial charge is 0.461 e. The van der Waals surface area contributed by atoms with Crippen LogP contribution in [0.3, 0.4) is 0 Å². The second-order valence-corrected chi connectivity index (χ2v) is 8.75. The number of nitrogens with one attached hydrogen (secondary N) is 2. The van der Waals surface area contributed by atoms with Crippen LogP contribution < -0.4 is 10.6 Å². The van der Waals surface area contributed by atoms with Gasteiger partial charge in [0.1, 0.15) is 0 Å². The second kappa shape index (κ2) is 10.8. The zero-order valence-corrected chi connectivity index (χ0v) is 18.7. The number of furan rings is 1. The number of thioether (sulfide) groups is 1. The molecule has 0 aliphatic rings. The van der Waals surface area contributed by atoms with Gasteiger partial charge in [0.25, 0.3) is 0 Å². The highest BCUT2D eigenvalue weighted by atomic mass is 32.2. The lowest BCUT2D eigenvalue weighted by Gasteiger charge is -2.09. The monoisotopic (exact) mass is 467 g/mol. The number of carbonyl (C=O) groups excluding carboxylic acids is 2. The van der Waals surface area contributed by atoms with Crippen molar-refractivity contribution in [3.63, 3.8) is 0 Å². The summed E-state index contributed by atoms with van der Waals surface area (Å²) in [6, 6.07) is 17.0. The van der Waals surface area contributed by atoms with Crippen molar-refractivity contribution in [1.82, 2.24) is 25.4 Å². The fourth-order valence-corrected chi connectivity index (χ4v) is 4.43. The van der Waals surface area contributed by atoms with Gasteiger partial charge in [0.15, 0.2) is 10.9 Å². The Labute approximate surface area is 193 Å². The maximum Gasteiger partial charge on any atom is 0.321 e. The molecule has 0 radical (unpaired) electrons. The maximum atomic E-state index is 12.3. The molecule has 1 aromatic carbocycles. The number of aromatic nitrogens is 3. The van der Waals surface area contributed by atoms with Crippen LogP contribution in [0.5, 0.6) is 0 Å². The lowest BCUT2D eigenvalue weighted by molar-refractivity contribution is -0.117. The van der Waals surface area contributed by atoms with Gasteiger partial charge in [-0.1, -0.05) is 48.2 Å². The Bertz CT molecular complexity index is 1140. The molecule has 0 atom stereocenters. The van der Waals surface area contributed by atoms with Gasteiger partial charge in [0.05, 0.1) is 18.6 Å². The van der Waals surface area contributed by atoms with Crippen LogP contribution in [0.25, 0.3) is 11.6 Å². The Morgan fingerprint density at radius 3 is 2.69 bits per heavy atom. The number of amides is 3. The Balaban J connectivity index is 1.35. The predicted octanol–water partition coefficient (Wildman–Crippen LogP) is 3.81. The molecule has 0 aliphatic heterocycles. The van der Waals surface area contributed by atoms with Crippen molar-refractivity contribution in [2.24, 2.45) is 0 Å². The highest BCUT2D eigenvalue weighted by Gasteiger charge is 2.18. The van der Waals surface area contributed by atoms with E-state index >= 15 is 0 Å². The minimum absolute atomic E-state index is 0.0312. The lowest BCUT2D eigenvalue weighted by Crippen LogP contribution is -2.41. The Kier molecular flexibility index (Phi) is 7.36. The summed E-state index contributed by atoms with van der Waals surface area (Å²) in [6.45, 7) is 0.988. The first kappa shape index (κ1) is 21.8.